The molecule has 15 rings (SSSR count). The zero-order valence-corrected chi connectivity index (χ0v) is 69.9. The van der Waals surface area contributed by atoms with Gasteiger partial charge in [-0.05, 0) is 54.6 Å². The minimum atomic E-state index is -1.30. The highest BCUT2D eigenvalue weighted by Gasteiger charge is 2.39. The third-order valence-corrected chi connectivity index (χ3v) is 19.3. The molecule has 0 saturated carbocycles. The molecule has 0 aliphatic carbocycles. The molecule has 3 aliphatic heterocycles. The van der Waals surface area contributed by atoms with E-state index >= 15 is 0 Å². The maximum atomic E-state index is 13.3. The van der Waals surface area contributed by atoms with E-state index in [1.165, 1.54) is 0 Å². The molecule has 0 spiro atoms. The standard InChI is InChI=1S/C53H44N8O12.C22H18N4O2.C9H12O10.I2/c1-58-19-34(30-9-5-7-11-38(30)58)46-48(52(68)56-50(46)66)36-21-60(3)40-17-28(13-15-32(36)40)54-42(62)23-72-44(64)25-70-27-71-26-45(65)73-24-43(63)55-29-14-16-33-37(22-61(4)41(33)18-29)49-47(51(67)57-53(49)69)35-20-59(2)39-12-8-6-10-31(35)39;1-25-10-15(13-5-3-4-6-17(13)25)19-20(22(28)24-21(19)27)16-11-26(2)18-9-12(23)7-8-14(16)18;10-6(11)1-18-8(14)3-16-5-17-4-9(15)19-2-7(12)13;1-2/h5-22H,23-27H2,1-4H3,(H,54,62)(H,55,63)(H,56,66,68)(H,57,67,69);3-11H,23H2,1-2H3,(H,24,27,28);1-5H2,(H,10,11)(H,12,13);/p+1. The zero-order chi connectivity index (χ0) is 87.5. The lowest BCUT2D eigenvalue weighted by molar-refractivity contribution is -0.167. The molecule has 122 heavy (non-hydrogen) atoms. The summed E-state index contributed by atoms with van der Waals surface area (Å²) in [5.74, 6) is -9.92. The Morgan fingerprint density at radius 3 is 0.902 bits per heavy atom. The largest absolute Gasteiger partial charge is 0.562 e. The topological polar surface area (TPSA) is 472 Å². The third kappa shape index (κ3) is 19.3. The van der Waals surface area contributed by atoms with Crippen LogP contribution in [0.25, 0.3) is 98.9 Å². The van der Waals surface area contributed by atoms with E-state index in [-0.39, 0.29) is 34.1 Å². The zero-order valence-electron chi connectivity index (χ0n) is 65.6. The monoisotopic (exact) mass is 1890 g/mol. The highest BCUT2D eigenvalue weighted by Crippen LogP contribution is 2.43. The number of fused-ring (bicyclic) bond motifs is 6. The van der Waals surface area contributed by atoms with Crippen LogP contribution in [-0.4, -0.2) is 187 Å². The van der Waals surface area contributed by atoms with Gasteiger partial charge in [-0.25, -0.2) is 24.0 Å². The maximum Gasteiger partial charge on any atom is 0.554 e. The lowest BCUT2D eigenvalue weighted by Gasteiger charge is -2.09. The number of aryl methyl sites for hydroxylation is 6. The lowest BCUT2D eigenvalue weighted by Crippen LogP contribution is -2.24. The number of ether oxygens (including phenoxy) is 8. The van der Waals surface area contributed by atoms with E-state index in [9.17, 15) is 67.1 Å². The van der Waals surface area contributed by atoms with Crippen LogP contribution in [0.5, 0.6) is 0 Å². The van der Waals surface area contributed by atoms with Crippen LogP contribution in [0.1, 0.15) is 33.4 Å². The van der Waals surface area contributed by atoms with Gasteiger partial charge in [-0.15, -0.1) is 0 Å². The van der Waals surface area contributed by atoms with Crippen LogP contribution in [0.2, 0.25) is 0 Å². The summed E-state index contributed by atoms with van der Waals surface area (Å²) in [7, 11) is 11.1. The number of carbonyl (C=O) groups is 14. The summed E-state index contributed by atoms with van der Waals surface area (Å²) < 4.78 is 49.2. The second-order valence-electron chi connectivity index (χ2n) is 27.5. The summed E-state index contributed by atoms with van der Waals surface area (Å²) in [6, 6.07) is 38.7. The second kappa shape index (κ2) is 38.4. The van der Waals surface area contributed by atoms with Crippen molar-refractivity contribution in [1.82, 2.24) is 43.4 Å². The summed E-state index contributed by atoms with van der Waals surface area (Å²) in [4.78, 5) is 170. The number of nitrogens with zero attached hydrogens (tertiary/aromatic N) is 6. The summed E-state index contributed by atoms with van der Waals surface area (Å²) in [5, 5.41) is 32.2. The Balaban J connectivity index is 0.000000225. The third-order valence-electron chi connectivity index (χ3n) is 19.3. The minimum absolute atomic E-state index is 0.240. The van der Waals surface area contributed by atoms with Gasteiger partial charge in [0.1, 0.15) is 40.0 Å². The lowest BCUT2D eigenvalue weighted by atomic mass is 9.95. The van der Waals surface area contributed by atoms with Crippen LogP contribution in [0.4, 0.5) is 17.1 Å². The fourth-order valence-corrected chi connectivity index (χ4v) is 14.2. The van der Waals surface area contributed by atoms with Gasteiger partial charge in [-0.3, -0.25) is 54.3 Å². The van der Waals surface area contributed by atoms with E-state index in [1.807, 2.05) is 156 Å². The molecule has 6 aromatic carbocycles. The van der Waals surface area contributed by atoms with Gasteiger partial charge in [-0.1, -0.05) is 72.8 Å². The molecule has 9 heterocycles. The number of aromatic nitrogens is 6. The average molecular weight is 1890 g/mol. The van der Waals surface area contributed by atoms with Crippen molar-refractivity contribution in [3.05, 3.63) is 198 Å². The highest BCUT2D eigenvalue weighted by molar-refractivity contribution is 15.0. The summed E-state index contributed by atoms with van der Waals surface area (Å²) in [6.45, 7) is -5.88. The molecule has 36 nitrogen and oxygen atoms in total. The molecule has 0 radical (unpaired) electrons. The van der Waals surface area contributed by atoms with Crippen molar-refractivity contribution in [2.45, 2.75) is 0 Å². The van der Waals surface area contributed by atoms with Crippen molar-refractivity contribution >= 4 is 236 Å². The Morgan fingerprint density at radius 1 is 0.352 bits per heavy atom. The number of hydrogen-bond donors (Lipinski definition) is 7. The van der Waals surface area contributed by atoms with Gasteiger partial charge in [0.2, 0.25) is 6.61 Å². The van der Waals surface area contributed by atoms with Crippen LogP contribution < -0.4 is 32.3 Å². The minimum Gasteiger partial charge on any atom is -0.562 e. The van der Waals surface area contributed by atoms with Gasteiger partial charge in [0.05, 0.1) is 50.0 Å². The number of esters is 4. The van der Waals surface area contributed by atoms with E-state index < -0.39 is 138 Å². The first-order valence-corrected chi connectivity index (χ1v) is 42.9. The average Bonchev–Trinajstić information content (AvgIpc) is 1.59. The number of nitrogen functional groups attached to an aromatic ring is 1. The predicted octanol–water partition coefficient (Wildman–Crippen LogP) is 6.43. The fourth-order valence-electron chi connectivity index (χ4n) is 14.2. The van der Waals surface area contributed by atoms with Crippen molar-refractivity contribution in [3.8, 4) is 0 Å². The number of rotatable bonds is 28. The van der Waals surface area contributed by atoms with E-state index in [4.69, 9.17) is 34.9 Å². The van der Waals surface area contributed by atoms with Crippen LogP contribution in [-0.2, 0) is 147 Å². The normalized spacial score (nSPS) is 13.1. The van der Waals surface area contributed by atoms with Crippen LogP contribution in [0, 0.1) is 0 Å². The first-order chi connectivity index (χ1) is 58.5. The first kappa shape index (κ1) is 87.4. The Hall–Kier alpha value is -13.9. The molecule has 0 atom stereocenters. The van der Waals surface area contributed by atoms with E-state index in [1.54, 1.807) is 78.1 Å². The Kier molecular flexibility index (Phi) is 27.5. The van der Waals surface area contributed by atoms with E-state index in [0.29, 0.717) is 72.3 Å². The Labute approximate surface area is 713 Å². The summed E-state index contributed by atoms with van der Waals surface area (Å²) >= 11 is 4.24. The number of carboxylic acid groups (broad SMARTS) is 1. The number of halogens is 2. The van der Waals surface area contributed by atoms with Gasteiger partial charge in [0.15, 0.2) is 19.8 Å². The van der Waals surface area contributed by atoms with Crippen molar-refractivity contribution in [2.75, 3.05) is 82.8 Å². The molecule has 38 heteroatoms. The number of carbonyl (C=O) groups excluding carboxylic acids is 13. The highest BCUT2D eigenvalue weighted by atomic mass is 128. The molecule has 12 aromatic rings. The maximum absolute atomic E-state index is 13.3. The Morgan fingerprint density at radius 2 is 0.607 bits per heavy atom. The SMILES string of the molecule is Cn1cc(C2=C(c3cn(C)c4cc(N)ccc34)C(=O)NC2=O)c2ccccc21.Cn1cc(C2=C(c3cn(C)c4cc(NC(=O)COC(=O)COCOCC(=O)OCC(=O)Nc5ccc6c(C7=C(c8cn(C)c9ccccc89)C(=O)NC7=O)cn(C)c6c5)ccc34)C(=O)NC2=O)c2ccccc21.II.O=C(O)COC(=O)COCOCC(=O)OCC(=O)[OH2+]. The predicted molar refractivity (Wildman–Crippen MR) is 461 cm³/mol. The van der Waals surface area contributed by atoms with Crippen molar-refractivity contribution in [3.63, 3.8) is 0 Å². The van der Waals surface area contributed by atoms with Crippen LogP contribution in [0.15, 0.2) is 165 Å². The summed E-state index contributed by atoms with van der Waals surface area (Å²) in [5.41, 5.74) is 18.0. The number of carboxylic acids is 1. The van der Waals surface area contributed by atoms with Gasteiger partial charge >= 0.3 is 35.8 Å². The molecule has 6 aromatic heterocycles. The number of amides is 8. The first-order valence-electron chi connectivity index (χ1n) is 36.6. The number of imide groups is 3. The molecular formula is C84H75I2N12O24+. The number of benzene rings is 6. The molecule has 0 unspecified atom stereocenters. The quantitative estimate of drug-likeness (QED) is 0.00406. The molecule has 8 amide bonds. The number of nitrogens with one attached hydrogen (secondary N) is 5. The second-order valence-corrected chi connectivity index (χ2v) is 27.5. The molecule has 10 N–H and O–H groups in total. The fraction of sp³-hybridized carbons (Fsp3) is 0.190. The van der Waals surface area contributed by atoms with E-state index in [2.05, 4.69) is 82.8 Å². The van der Waals surface area contributed by atoms with Gasteiger partial charge < -0.3 is 91.9 Å². The van der Waals surface area contributed by atoms with E-state index in [0.717, 1.165) is 54.7 Å². The molecule has 3 aliphatic rings. The molecule has 0 fully saturated rings. The molecule has 0 bridgehead atoms. The molecule has 628 valence electrons. The number of para-hydroxylation sites is 3. The summed E-state index contributed by atoms with van der Waals surface area (Å²) in [6.07, 6.45) is 10.9. The van der Waals surface area contributed by atoms with Crippen LogP contribution >= 0.6 is 37.2 Å². The van der Waals surface area contributed by atoms with Gasteiger partial charge in [-0.2, -0.15) is 0 Å². The Bertz CT molecular complexity index is 6170. The number of hydrogen-bond acceptors (Lipinski definition) is 23. The number of anilines is 3. The van der Waals surface area contributed by atoms with Gasteiger partial charge in [0, 0.05) is 221 Å². The van der Waals surface area contributed by atoms with Crippen molar-refractivity contribution in [2.24, 2.45) is 42.3 Å². The number of nitrogens with two attached hydrogens (primary N) is 1. The smallest absolute Gasteiger partial charge is 0.554 e. The van der Waals surface area contributed by atoms with Gasteiger partial charge in [0.25, 0.3) is 47.3 Å². The molecular weight excluding hydrogens is 1810 g/mol. The van der Waals surface area contributed by atoms with Crippen molar-refractivity contribution in [1.29, 1.82) is 0 Å². The molecule has 0 saturated heterocycles. The van der Waals surface area contributed by atoms with Crippen LogP contribution in [0.3, 0.4) is 0 Å². The number of aliphatic carboxylic acids is 1. The van der Waals surface area contributed by atoms with Crippen molar-refractivity contribution < 1.29 is 115 Å².